The highest BCUT2D eigenvalue weighted by Crippen LogP contribution is 2.10. The van der Waals surface area contributed by atoms with Crippen molar-refractivity contribution in [1.82, 2.24) is 10.2 Å². The Hall–Kier alpha value is -1.62. The Labute approximate surface area is 97.6 Å². The summed E-state index contributed by atoms with van der Waals surface area (Å²) in [6.07, 6.45) is 3.30. The summed E-state index contributed by atoms with van der Waals surface area (Å²) in [4.78, 5) is 25.4. The molecule has 1 saturated heterocycles. The third kappa shape index (κ3) is 2.70. The maximum absolute atomic E-state index is 11.7. The molecule has 5 heteroatoms. The maximum Gasteiger partial charge on any atom is 0.247 e. The number of piperazine rings is 1. The van der Waals surface area contributed by atoms with Gasteiger partial charge < -0.3 is 10.2 Å². The second-order valence-electron chi connectivity index (χ2n) is 3.46. The molecule has 1 aromatic heterocycles. The minimum Gasteiger partial charge on any atom is -0.353 e. The van der Waals surface area contributed by atoms with Crippen molar-refractivity contribution in [3.8, 4) is 0 Å². The van der Waals surface area contributed by atoms with E-state index in [0.717, 1.165) is 4.88 Å². The lowest BCUT2D eigenvalue weighted by atomic mass is 10.3. The van der Waals surface area contributed by atoms with Gasteiger partial charge in [-0.05, 0) is 17.5 Å². The first-order valence-corrected chi connectivity index (χ1v) is 5.91. The van der Waals surface area contributed by atoms with Crippen LogP contribution in [0.2, 0.25) is 0 Å². The van der Waals surface area contributed by atoms with Crippen molar-refractivity contribution in [2.75, 3.05) is 19.6 Å². The van der Waals surface area contributed by atoms with Gasteiger partial charge in [-0.3, -0.25) is 9.59 Å². The van der Waals surface area contributed by atoms with Crippen molar-refractivity contribution in [3.63, 3.8) is 0 Å². The van der Waals surface area contributed by atoms with Gasteiger partial charge in [0, 0.05) is 24.0 Å². The maximum atomic E-state index is 11.7. The SMILES string of the molecule is O=C1CN(C(=O)C=Cc2cccs2)CCN1. The normalized spacial score (nSPS) is 16.5. The molecule has 1 aromatic rings. The van der Waals surface area contributed by atoms with E-state index in [9.17, 15) is 9.59 Å². The van der Waals surface area contributed by atoms with Crippen molar-refractivity contribution in [1.29, 1.82) is 0 Å². The quantitative estimate of drug-likeness (QED) is 0.769. The highest BCUT2D eigenvalue weighted by Gasteiger charge is 2.18. The second kappa shape index (κ2) is 4.94. The van der Waals surface area contributed by atoms with Crippen LogP contribution < -0.4 is 5.32 Å². The van der Waals surface area contributed by atoms with Crippen molar-refractivity contribution >= 4 is 29.2 Å². The predicted octanol–water partition coefficient (Wildman–Crippen LogP) is 0.720. The van der Waals surface area contributed by atoms with Crippen molar-refractivity contribution in [2.24, 2.45) is 0 Å². The smallest absolute Gasteiger partial charge is 0.247 e. The van der Waals surface area contributed by atoms with Crippen LogP contribution in [-0.2, 0) is 9.59 Å². The second-order valence-corrected chi connectivity index (χ2v) is 4.44. The van der Waals surface area contributed by atoms with Gasteiger partial charge in [-0.25, -0.2) is 0 Å². The Morgan fingerprint density at radius 2 is 2.44 bits per heavy atom. The molecule has 2 heterocycles. The molecule has 1 fully saturated rings. The van der Waals surface area contributed by atoms with Gasteiger partial charge in [0.05, 0.1) is 6.54 Å². The average molecular weight is 236 g/mol. The first kappa shape index (κ1) is 10.9. The predicted molar refractivity (Wildman–Crippen MR) is 62.9 cm³/mol. The van der Waals surface area contributed by atoms with E-state index in [0.29, 0.717) is 13.1 Å². The number of nitrogens with one attached hydrogen (secondary N) is 1. The highest BCUT2D eigenvalue weighted by molar-refractivity contribution is 7.10. The molecule has 1 aliphatic heterocycles. The summed E-state index contributed by atoms with van der Waals surface area (Å²) in [6.45, 7) is 1.28. The molecule has 16 heavy (non-hydrogen) atoms. The number of hydrogen-bond acceptors (Lipinski definition) is 3. The van der Waals surface area contributed by atoms with E-state index >= 15 is 0 Å². The molecule has 0 bridgehead atoms. The molecule has 2 rings (SSSR count). The lowest BCUT2D eigenvalue weighted by molar-refractivity contribution is -0.134. The lowest BCUT2D eigenvalue weighted by Crippen LogP contribution is -2.49. The largest absolute Gasteiger partial charge is 0.353 e. The Morgan fingerprint density at radius 3 is 3.12 bits per heavy atom. The zero-order valence-electron chi connectivity index (χ0n) is 8.68. The van der Waals surface area contributed by atoms with Gasteiger partial charge in [0.2, 0.25) is 11.8 Å². The number of thiophene rings is 1. The molecule has 1 aliphatic rings. The highest BCUT2D eigenvalue weighted by atomic mass is 32.1. The fourth-order valence-electron chi connectivity index (χ4n) is 1.47. The molecule has 84 valence electrons. The van der Waals surface area contributed by atoms with E-state index in [1.165, 1.54) is 6.08 Å². The number of carbonyl (C=O) groups is 2. The monoisotopic (exact) mass is 236 g/mol. The van der Waals surface area contributed by atoms with Gasteiger partial charge >= 0.3 is 0 Å². The van der Waals surface area contributed by atoms with Crippen LogP contribution in [0.1, 0.15) is 4.88 Å². The number of hydrogen-bond donors (Lipinski definition) is 1. The van der Waals surface area contributed by atoms with Gasteiger partial charge in [-0.2, -0.15) is 0 Å². The summed E-state index contributed by atoms with van der Waals surface area (Å²) in [5, 5.41) is 4.64. The van der Waals surface area contributed by atoms with Crippen LogP contribution in [0.15, 0.2) is 23.6 Å². The molecule has 0 atom stereocenters. The van der Waals surface area contributed by atoms with E-state index in [1.54, 1.807) is 22.3 Å². The van der Waals surface area contributed by atoms with Crippen LogP contribution >= 0.6 is 11.3 Å². The summed E-state index contributed by atoms with van der Waals surface area (Å²) < 4.78 is 0. The van der Waals surface area contributed by atoms with E-state index < -0.39 is 0 Å². The number of nitrogens with zero attached hydrogens (tertiary/aromatic N) is 1. The number of amides is 2. The summed E-state index contributed by atoms with van der Waals surface area (Å²) in [7, 11) is 0. The topological polar surface area (TPSA) is 49.4 Å². The molecule has 0 radical (unpaired) electrons. The molecule has 0 aliphatic carbocycles. The van der Waals surface area contributed by atoms with Crippen LogP contribution in [0.5, 0.6) is 0 Å². The molecule has 1 N–H and O–H groups in total. The van der Waals surface area contributed by atoms with Crippen LogP contribution in [0.4, 0.5) is 0 Å². The van der Waals surface area contributed by atoms with Gasteiger partial charge in [0.15, 0.2) is 0 Å². The van der Waals surface area contributed by atoms with Crippen molar-refractivity contribution in [3.05, 3.63) is 28.5 Å². The van der Waals surface area contributed by atoms with Crippen LogP contribution in [0, 0.1) is 0 Å². The molecule has 0 spiro atoms. The lowest BCUT2D eigenvalue weighted by Gasteiger charge is -2.25. The Balaban J connectivity index is 1.95. The van der Waals surface area contributed by atoms with E-state index in [2.05, 4.69) is 5.32 Å². The fourth-order valence-corrected chi connectivity index (χ4v) is 2.09. The van der Waals surface area contributed by atoms with Gasteiger partial charge in [0.25, 0.3) is 0 Å². The average Bonchev–Trinajstić information content (AvgIpc) is 2.78. The van der Waals surface area contributed by atoms with E-state index in [-0.39, 0.29) is 18.4 Å². The summed E-state index contributed by atoms with van der Waals surface area (Å²) >= 11 is 1.58. The molecule has 2 amide bonds. The minimum absolute atomic E-state index is 0.0934. The summed E-state index contributed by atoms with van der Waals surface area (Å²) in [5.74, 6) is -0.202. The first-order chi connectivity index (χ1) is 7.75. The van der Waals surface area contributed by atoms with Gasteiger partial charge in [0.1, 0.15) is 0 Å². The first-order valence-electron chi connectivity index (χ1n) is 5.03. The van der Waals surface area contributed by atoms with Crippen molar-refractivity contribution in [2.45, 2.75) is 0 Å². The molecular formula is C11H12N2O2S. The molecule has 0 unspecified atom stereocenters. The zero-order chi connectivity index (χ0) is 11.4. The third-order valence-electron chi connectivity index (χ3n) is 2.28. The van der Waals surface area contributed by atoms with Gasteiger partial charge in [-0.15, -0.1) is 11.3 Å². The Bertz CT molecular complexity index is 412. The zero-order valence-corrected chi connectivity index (χ0v) is 9.50. The molecule has 0 saturated carbocycles. The van der Waals surface area contributed by atoms with Crippen LogP contribution in [-0.4, -0.2) is 36.3 Å². The van der Waals surface area contributed by atoms with Crippen LogP contribution in [0.3, 0.4) is 0 Å². The third-order valence-corrected chi connectivity index (χ3v) is 3.12. The molecule has 0 aromatic carbocycles. The Kier molecular flexibility index (Phi) is 3.36. The molecule has 4 nitrogen and oxygen atoms in total. The minimum atomic E-state index is -0.108. The van der Waals surface area contributed by atoms with Gasteiger partial charge in [-0.1, -0.05) is 6.07 Å². The summed E-state index contributed by atoms with van der Waals surface area (Å²) in [5.41, 5.74) is 0. The Morgan fingerprint density at radius 1 is 1.56 bits per heavy atom. The van der Waals surface area contributed by atoms with E-state index in [4.69, 9.17) is 0 Å². The summed E-state index contributed by atoms with van der Waals surface area (Å²) in [6, 6.07) is 3.88. The number of carbonyl (C=O) groups excluding carboxylic acids is 2. The van der Waals surface area contributed by atoms with E-state index in [1.807, 2.05) is 17.5 Å². The van der Waals surface area contributed by atoms with Crippen LogP contribution in [0.25, 0.3) is 6.08 Å². The fraction of sp³-hybridized carbons (Fsp3) is 0.273. The number of rotatable bonds is 2. The molecular weight excluding hydrogens is 224 g/mol. The van der Waals surface area contributed by atoms with Crippen molar-refractivity contribution < 1.29 is 9.59 Å². The standard InChI is InChI=1S/C11H12N2O2S/c14-10-8-13(6-5-12-10)11(15)4-3-9-2-1-7-16-9/h1-4,7H,5-6,8H2,(H,12,14).